The highest BCUT2D eigenvalue weighted by Crippen LogP contribution is 2.26. The van der Waals surface area contributed by atoms with Crippen molar-refractivity contribution in [2.45, 2.75) is 13.0 Å². The molecular formula is C18H21ClN2O2. The van der Waals surface area contributed by atoms with E-state index in [4.69, 9.17) is 16.3 Å². The van der Waals surface area contributed by atoms with Gasteiger partial charge in [0.15, 0.2) is 0 Å². The van der Waals surface area contributed by atoms with E-state index in [9.17, 15) is 4.79 Å². The van der Waals surface area contributed by atoms with E-state index in [1.807, 2.05) is 55.5 Å². The summed E-state index contributed by atoms with van der Waals surface area (Å²) in [6, 6.07) is 15.0. The second-order valence-corrected chi connectivity index (χ2v) is 5.52. The zero-order valence-electron chi connectivity index (χ0n) is 13.3. The summed E-state index contributed by atoms with van der Waals surface area (Å²) in [7, 11) is 1.74. The van der Waals surface area contributed by atoms with Crippen molar-refractivity contribution in [1.29, 1.82) is 0 Å². The molecule has 23 heavy (non-hydrogen) atoms. The lowest BCUT2D eigenvalue weighted by molar-refractivity contribution is -0.120. The van der Waals surface area contributed by atoms with Crippen LogP contribution in [0.3, 0.4) is 0 Å². The maximum atomic E-state index is 12.0. The summed E-state index contributed by atoms with van der Waals surface area (Å²) >= 11 is 6.10. The molecule has 4 nitrogen and oxygen atoms in total. The Bertz CT molecular complexity index is 644. The number of amides is 1. The van der Waals surface area contributed by atoms with Gasteiger partial charge in [-0.2, -0.15) is 0 Å². The zero-order chi connectivity index (χ0) is 16.7. The smallest absolute Gasteiger partial charge is 0.234 e. The summed E-state index contributed by atoms with van der Waals surface area (Å²) < 4.78 is 5.47. The second kappa shape index (κ2) is 8.56. The van der Waals surface area contributed by atoms with Gasteiger partial charge in [-0.1, -0.05) is 35.9 Å². The number of ether oxygens (including phenoxy) is 1. The van der Waals surface area contributed by atoms with Gasteiger partial charge in [-0.05, 0) is 49.4 Å². The van der Waals surface area contributed by atoms with Crippen LogP contribution in [0.5, 0.6) is 5.75 Å². The van der Waals surface area contributed by atoms with Crippen LogP contribution >= 0.6 is 11.6 Å². The van der Waals surface area contributed by atoms with Gasteiger partial charge in [0.1, 0.15) is 5.75 Å². The molecule has 2 aromatic carbocycles. The van der Waals surface area contributed by atoms with Gasteiger partial charge in [-0.15, -0.1) is 0 Å². The predicted octanol–water partition coefficient (Wildman–Crippen LogP) is 3.16. The van der Waals surface area contributed by atoms with Crippen molar-refractivity contribution in [2.75, 3.05) is 20.2 Å². The third-order valence-electron chi connectivity index (χ3n) is 3.35. The molecule has 2 rings (SSSR count). The van der Waals surface area contributed by atoms with Crippen molar-refractivity contribution in [3.05, 3.63) is 64.7 Å². The Morgan fingerprint density at radius 3 is 2.52 bits per heavy atom. The molecule has 1 unspecified atom stereocenters. The summed E-state index contributed by atoms with van der Waals surface area (Å²) in [5.41, 5.74) is 1.91. The lowest BCUT2D eigenvalue weighted by Crippen LogP contribution is -2.35. The molecule has 1 atom stereocenters. The molecule has 0 aliphatic rings. The van der Waals surface area contributed by atoms with Gasteiger partial charge in [0, 0.05) is 5.02 Å². The second-order valence-electron chi connectivity index (χ2n) is 5.09. The average Bonchev–Trinajstić information content (AvgIpc) is 2.54. The highest BCUT2D eigenvalue weighted by atomic mass is 35.5. The number of hydrogen-bond donors (Lipinski definition) is 2. The molecule has 0 heterocycles. The molecule has 0 aliphatic heterocycles. The first-order valence-corrected chi connectivity index (χ1v) is 7.94. The van der Waals surface area contributed by atoms with Crippen LogP contribution in [0, 0.1) is 0 Å². The minimum atomic E-state index is -0.259. The maximum Gasteiger partial charge on any atom is 0.234 e. The SMILES string of the molecule is CCOc1ccc(C(NC(=O)CNC)c2cccc(Cl)c2)cc1. The number of likely N-dealkylation sites (N-methyl/N-ethyl adjacent to an activating group) is 1. The molecule has 1 amide bonds. The molecule has 0 fully saturated rings. The van der Waals surface area contributed by atoms with Crippen molar-refractivity contribution >= 4 is 17.5 Å². The zero-order valence-corrected chi connectivity index (χ0v) is 14.1. The lowest BCUT2D eigenvalue weighted by atomic mass is 9.98. The van der Waals surface area contributed by atoms with Gasteiger partial charge in [0.2, 0.25) is 5.91 Å². The summed E-state index contributed by atoms with van der Waals surface area (Å²) in [5, 5.41) is 6.52. The summed E-state index contributed by atoms with van der Waals surface area (Å²) in [6.07, 6.45) is 0. The number of carbonyl (C=O) groups is 1. The van der Waals surface area contributed by atoms with E-state index in [0.717, 1.165) is 16.9 Å². The first-order valence-electron chi connectivity index (χ1n) is 7.56. The molecule has 0 saturated heterocycles. The summed E-state index contributed by atoms with van der Waals surface area (Å²) in [4.78, 5) is 12.0. The Hall–Kier alpha value is -2.04. The Kier molecular flexibility index (Phi) is 6.44. The molecule has 0 aromatic heterocycles. The van der Waals surface area contributed by atoms with Crippen LogP contribution < -0.4 is 15.4 Å². The van der Waals surface area contributed by atoms with Gasteiger partial charge >= 0.3 is 0 Å². The molecule has 2 N–H and O–H groups in total. The minimum Gasteiger partial charge on any atom is -0.494 e. The van der Waals surface area contributed by atoms with Crippen LogP contribution in [-0.4, -0.2) is 26.1 Å². The van der Waals surface area contributed by atoms with E-state index in [-0.39, 0.29) is 18.5 Å². The first-order chi connectivity index (χ1) is 11.1. The Labute approximate surface area is 141 Å². The monoisotopic (exact) mass is 332 g/mol. The van der Waals surface area contributed by atoms with Gasteiger partial charge in [-0.25, -0.2) is 0 Å². The number of hydrogen-bond acceptors (Lipinski definition) is 3. The standard InChI is InChI=1S/C18H21ClN2O2/c1-3-23-16-9-7-13(8-10-16)18(21-17(22)12-20-2)14-5-4-6-15(19)11-14/h4-11,18,20H,3,12H2,1-2H3,(H,21,22). The lowest BCUT2D eigenvalue weighted by Gasteiger charge is -2.20. The van der Waals surface area contributed by atoms with Crippen molar-refractivity contribution in [2.24, 2.45) is 0 Å². The Balaban J connectivity index is 2.30. The number of nitrogens with one attached hydrogen (secondary N) is 2. The highest BCUT2D eigenvalue weighted by Gasteiger charge is 2.17. The summed E-state index contributed by atoms with van der Waals surface area (Å²) in [6.45, 7) is 2.82. The maximum absolute atomic E-state index is 12.0. The number of rotatable bonds is 7. The molecule has 2 aromatic rings. The third kappa shape index (κ3) is 4.98. The normalized spacial score (nSPS) is 11.8. The van der Waals surface area contributed by atoms with Gasteiger partial charge in [0.25, 0.3) is 0 Å². The molecule has 0 spiro atoms. The number of benzene rings is 2. The number of halogens is 1. The number of carbonyl (C=O) groups excluding carboxylic acids is 1. The van der Waals surface area contributed by atoms with Crippen molar-refractivity contribution in [3.63, 3.8) is 0 Å². The fourth-order valence-corrected chi connectivity index (χ4v) is 2.54. The van der Waals surface area contributed by atoms with Crippen LogP contribution in [0.25, 0.3) is 0 Å². The van der Waals surface area contributed by atoms with E-state index in [2.05, 4.69) is 10.6 Å². The first kappa shape index (κ1) is 17.3. The quantitative estimate of drug-likeness (QED) is 0.819. The largest absolute Gasteiger partial charge is 0.494 e. The van der Waals surface area contributed by atoms with E-state index in [0.29, 0.717) is 11.6 Å². The van der Waals surface area contributed by atoms with Crippen molar-refractivity contribution in [3.8, 4) is 5.75 Å². The van der Waals surface area contributed by atoms with Gasteiger partial charge in [-0.3, -0.25) is 4.79 Å². The van der Waals surface area contributed by atoms with E-state index in [1.165, 1.54) is 0 Å². The van der Waals surface area contributed by atoms with E-state index >= 15 is 0 Å². The van der Waals surface area contributed by atoms with Gasteiger partial charge < -0.3 is 15.4 Å². The minimum absolute atomic E-state index is 0.0774. The van der Waals surface area contributed by atoms with Crippen molar-refractivity contribution < 1.29 is 9.53 Å². The fourth-order valence-electron chi connectivity index (χ4n) is 2.34. The van der Waals surface area contributed by atoms with E-state index < -0.39 is 0 Å². The molecule has 0 aliphatic carbocycles. The van der Waals surface area contributed by atoms with Crippen LogP contribution in [0.1, 0.15) is 24.1 Å². The average molecular weight is 333 g/mol. The van der Waals surface area contributed by atoms with Crippen LogP contribution in [0.15, 0.2) is 48.5 Å². The van der Waals surface area contributed by atoms with E-state index in [1.54, 1.807) is 7.05 Å². The molecule has 122 valence electrons. The Morgan fingerprint density at radius 1 is 1.17 bits per heavy atom. The van der Waals surface area contributed by atoms with Crippen LogP contribution in [0.2, 0.25) is 5.02 Å². The molecule has 0 saturated carbocycles. The van der Waals surface area contributed by atoms with Crippen molar-refractivity contribution in [1.82, 2.24) is 10.6 Å². The topological polar surface area (TPSA) is 50.4 Å². The molecule has 0 radical (unpaired) electrons. The molecule has 5 heteroatoms. The molecule has 0 bridgehead atoms. The van der Waals surface area contributed by atoms with Gasteiger partial charge in [0.05, 0.1) is 19.2 Å². The summed E-state index contributed by atoms with van der Waals surface area (Å²) in [5.74, 6) is 0.731. The van der Waals surface area contributed by atoms with Crippen LogP contribution in [0.4, 0.5) is 0 Å². The van der Waals surface area contributed by atoms with Crippen LogP contribution in [-0.2, 0) is 4.79 Å². The third-order valence-corrected chi connectivity index (χ3v) is 3.58. The highest BCUT2D eigenvalue weighted by molar-refractivity contribution is 6.30. The fraction of sp³-hybridized carbons (Fsp3) is 0.278. The Morgan fingerprint density at radius 2 is 1.91 bits per heavy atom. The predicted molar refractivity (Wildman–Crippen MR) is 93.0 cm³/mol. The molecular weight excluding hydrogens is 312 g/mol.